The molecule has 88 valence electrons. The molecule has 4 nitrogen and oxygen atoms in total. The van der Waals surface area contributed by atoms with Crippen molar-refractivity contribution in [1.82, 2.24) is 0 Å². The van der Waals surface area contributed by atoms with Gasteiger partial charge < -0.3 is 15.3 Å². The van der Waals surface area contributed by atoms with Crippen LogP contribution >= 0.6 is 15.9 Å². The standard InChI is InChI=1S/C10H10BrFO4/c11-6-3-5(1-2-7(6)12)10(16)8(13)4-9(14)15/h1-3,8,10,13,16H,4H2,(H,14,15). The number of rotatable bonds is 4. The van der Waals surface area contributed by atoms with Crippen LogP contribution in [0.5, 0.6) is 0 Å². The number of aliphatic hydroxyl groups excluding tert-OH is 2. The van der Waals surface area contributed by atoms with Gasteiger partial charge in [-0.15, -0.1) is 0 Å². The lowest BCUT2D eigenvalue weighted by Gasteiger charge is -2.16. The minimum absolute atomic E-state index is 0.145. The molecule has 0 bridgehead atoms. The van der Waals surface area contributed by atoms with Crippen molar-refractivity contribution in [3.8, 4) is 0 Å². The zero-order valence-electron chi connectivity index (χ0n) is 8.10. The molecule has 0 radical (unpaired) electrons. The number of carbonyl (C=O) groups is 1. The third kappa shape index (κ3) is 3.26. The van der Waals surface area contributed by atoms with E-state index in [9.17, 15) is 19.4 Å². The Morgan fingerprint density at radius 1 is 1.44 bits per heavy atom. The topological polar surface area (TPSA) is 77.8 Å². The highest BCUT2D eigenvalue weighted by Crippen LogP contribution is 2.24. The Hall–Kier alpha value is -0.980. The number of halogens is 2. The van der Waals surface area contributed by atoms with Gasteiger partial charge in [0.05, 0.1) is 17.0 Å². The third-order valence-electron chi connectivity index (χ3n) is 2.03. The molecule has 0 saturated heterocycles. The molecule has 6 heteroatoms. The van der Waals surface area contributed by atoms with E-state index in [1.54, 1.807) is 0 Å². The average molecular weight is 293 g/mol. The fourth-order valence-electron chi connectivity index (χ4n) is 1.21. The molecule has 0 aliphatic rings. The maximum absolute atomic E-state index is 12.9. The van der Waals surface area contributed by atoms with E-state index in [1.807, 2.05) is 0 Å². The smallest absolute Gasteiger partial charge is 0.306 e. The largest absolute Gasteiger partial charge is 0.481 e. The molecule has 0 saturated carbocycles. The summed E-state index contributed by atoms with van der Waals surface area (Å²) in [5.41, 5.74) is 0.252. The van der Waals surface area contributed by atoms with Crippen molar-refractivity contribution in [3.05, 3.63) is 34.1 Å². The molecule has 0 fully saturated rings. The first-order valence-electron chi connectivity index (χ1n) is 4.44. The number of aliphatic hydroxyl groups is 2. The summed E-state index contributed by atoms with van der Waals surface area (Å²) in [7, 11) is 0. The molecule has 0 aromatic heterocycles. The van der Waals surface area contributed by atoms with Gasteiger partial charge in [0.15, 0.2) is 0 Å². The highest BCUT2D eigenvalue weighted by atomic mass is 79.9. The first-order chi connectivity index (χ1) is 7.41. The molecule has 1 aromatic carbocycles. The molecule has 16 heavy (non-hydrogen) atoms. The number of benzene rings is 1. The fraction of sp³-hybridized carbons (Fsp3) is 0.300. The molecule has 0 amide bonds. The lowest BCUT2D eigenvalue weighted by atomic mass is 10.0. The quantitative estimate of drug-likeness (QED) is 0.785. The molecule has 0 heterocycles. The summed E-state index contributed by atoms with van der Waals surface area (Å²) in [4.78, 5) is 10.3. The van der Waals surface area contributed by atoms with E-state index >= 15 is 0 Å². The zero-order valence-corrected chi connectivity index (χ0v) is 9.69. The van der Waals surface area contributed by atoms with Crippen molar-refractivity contribution in [2.75, 3.05) is 0 Å². The Morgan fingerprint density at radius 2 is 2.06 bits per heavy atom. The zero-order chi connectivity index (χ0) is 12.3. The molecule has 0 spiro atoms. The van der Waals surface area contributed by atoms with Crippen LogP contribution in [0.15, 0.2) is 22.7 Å². The molecule has 3 N–H and O–H groups in total. The van der Waals surface area contributed by atoms with Gasteiger partial charge in [-0.05, 0) is 33.6 Å². The monoisotopic (exact) mass is 292 g/mol. The van der Waals surface area contributed by atoms with E-state index in [0.717, 1.165) is 6.07 Å². The maximum Gasteiger partial charge on any atom is 0.306 e. The van der Waals surface area contributed by atoms with Crippen molar-refractivity contribution >= 4 is 21.9 Å². The van der Waals surface area contributed by atoms with Gasteiger partial charge in [-0.3, -0.25) is 4.79 Å². The summed E-state index contributed by atoms with van der Waals surface area (Å²) in [6.45, 7) is 0. The Balaban J connectivity index is 2.83. The normalized spacial score (nSPS) is 14.5. The number of hydrogen-bond acceptors (Lipinski definition) is 3. The van der Waals surface area contributed by atoms with E-state index in [0.29, 0.717) is 0 Å². The average Bonchev–Trinajstić information content (AvgIpc) is 2.20. The lowest BCUT2D eigenvalue weighted by molar-refractivity contribution is -0.141. The van der Waals surface area contributed by atoms with Crippen LogP contribution < -0.4 is 0 Å². The van der Waals surface area contributed by atoms with Gasteiger partial charge >= 0.3 is 5.97 Å². The Morgan fingerprint density at radius 3 is 2.56 bits per heavy atom. The molecular weight excluding hydrogens is 283 g/mol. The van der Waals surface area contributed by atoms with Gasteiger partial charge in [0.2, 0.25) is 0 Å². The summed E-state index contributed by atoms with van der Waals surface area (Å²) < 4.78 is 13.0. The summed E-state index contributed by atoms with van der Waals surface area (Å²) in [5.74, 6) is -1.71. The van der Waals surface area contributed by atoms with E-state index in [4.69, 9.17) is 5.11 Å². The minimum atomic E-state index is -1.42. The van der Waals surface area contributed by atoms with Crippen molar-refractivity contribution in [2.24, 2.45) is 0 Å². The predicted octanol–water partition coefficient (Wildman–Crippen LogP) is 1.46. The van der Waals surface area contributed by atoms with Crippen molar-refractivity contribution in [3.63, 3.8) is 0 Å². The molecule has 2 atom stereocenters. The molecule has 1 rings (SSSR count). The van der Waals surface area contributed by atoms with Crippen molar-refractivity contribution in [1.29, 1.82) is 0 Å². The second kappa shape index (κ2) is 5.38. The Labute approximate surface area is 99.5 Å². The second-order valence-corrected chi connectivity index (χ2v) is 4.14. The second-order valence-electron chi connectivity index (χ2n) is 3.28. The van der Waals surface area contributed by atoms with Crippen molar-refractivity contribution < 1.29 is 24.5 Å². The summed E-state index contributed by atoms with van der Waals surface area (Å²) in [6.07, 6.45) is -3.35. The lowest BCUT2D eigenvalue weighted by Crippen LogP contribution is -2.21. The summed E-state index contributed by atoms with van der Waals surface area (Å²) >= 11 is 2.93. The molecule has 0 aliphatic heterocycles. The minimum Gasteiger partial charge on any atom is -0.481 e. The number of aliphatic carboxylic acids is 1. The van der Waals surface area contributed by atoms with E-state index in [1.165, 1.54) is 12.1 Å². The fourth-order valence-corrected chi connectivity index (χ4v) is 1.61. The van der Waals surface area contributed by atoms with Crippen LogP contribution in [0, 0.1) is 5.82 Å². The van der Waals surface area contributed by atoms with Gasteiger partial charge in [0.25, 0.3) is 0 Å². The number of carboxylic acids is 1. The number of carboxylic acid groups (broad SMARTS) is 1. The van der Waals surface area contributed by atoms with Crippen LogP contribution in [0.2, 0.25) is 0 Å². The van der Waals surface area contributed by atoms with Crippen molar-refractivity contribution in [2.45, 2.75) is 18.6 Å². The van der Waals surface area contributed by atoms with Crippen LogP contribution in [0.4, 0.5) is 4.39 Å². The summed E-state index contributed by atoms with van der Waals surface area (Å²) in [6, 6.07) is 3.71. The van der Waals surface area contributed by atoms with Crippen LogP contribution in [0.25, 0.3) is 0 Å². The molecule has 1 aromatic rings. The van der Waals surface area contributed by atoms with Crippen LogP contribution in [-0.2, 0) is 4.79 Å². The molecular formula is C10H10BrFO4. The van der Waals surface area contributed by atoms with Gasteiger partial charge in [-0.25, -0.2) is 4.39 Å². The van der Waals surface area contributed by atoms with Gasteiger partial charge in [0, 0.05) is 0 Å². The third-order valence-corrected chi connectivity index (χ3v) is 2.64. The van der Waals surface area contributed by atoms with Gasteiger partial charge in [0.1, 0.15) is 11.9 Å². The van der Waals surface area contributed by atoms with E-state index in [-0.39, 0.29) is 10.0 Å². The molecule has 0 aliphatic carbocycles. The highest BCUT2D eigenvalue weighted by molar-refractivity contribution is 9.10. The van der Waals surface area contributed by atoms with Crippen LogP contribution in [0.1, 0.15) is 18.1 Å². The van der Waals surface area contributed by atoms with E-state index < -0.39 is 30.4 Å². The van der Waals surface area contributed by atoms with Crippen LogP contribution in [-0.4, -0.2) is 27.4 Å². The Bertz CT molecular complexity index is 396. The van der Waals surface area contributed by atoms with Gasteiger partial charge in [-0.1, -0.05) is 6.07 Å². The van der Waals surface area contributed by atoms with Crippen LogP contribution in [0.3, 0.4) is 0 Å². The summed E-state index contributed by atoms with van der Waals surface area (Å²) in [5, 5.41) is 27.4. The number of hydrogen-bond donors (Lipinski definition) is 3. The highest BCUT2D eigenvalue weighted by Gasteiger charge is 2.21. The van der Waals surface area contributed by atoms with E-state index in [2.05, 4.69) is 15.9 Å². The first kappa shape index (κ1) is 13.1. The SMILES string of the molecule is O=C(O)CC(O)C(O)c1ccc(F)c(Br)c1. The Kier molecular flexibility index (Phi) is 4.40. The predicted molar refractivity (Wildman–Crippen MR) is 57.3 cm³/mol. The molecule has 2 unspecified atom stereocenters. The van der Waals surface area contributed by atoms with Gasteiger partial charge in [-0.2, -0.15) is 0 Å². The first-order valence-corrected chi connectivity index (χ1v) is 5.24. The maximum atomic E-state index is 12.9.